The number of hydrogen-bond donors (Lipinski definition) is 2. The van der Waals surface area contributed by atoms with E-state index in [1.54, 1.807) is 0 Å². The topological polar surface area (TPSA) is 61.3 Å². The second kappa shape index (κ2) is 7.20. The van der Waals surface area contributed by atoms with Gasteiger partial charge in [0.25, 0.3) is 0 Å². The summed E-state index contributed by atoms with van der Waals surface area (Å²) in [6, 6.07) is 11.5. The maximum Gasteiger partial charge on any atom is 0.130 e. The molecule has 4 N–H and O–H groups in total. The van der Waals surface area contributed by atoms with E-state index in [1.807, 2.05) is 36.4 Å². The first-order chi connectivity index (χ1) is 9.13. The minimum absolute atomic E-state index is 0. The number of halogens is 1. The molecule has 2 rings (SSSR count). The Labute approximate surface area is 130 Å². The number of benzene rings is 2. The fourth-order valence-electron chi connectivity index (χ4n) is 2.07. The highest BCUT2D eigenvalue weighted by Gasteiger charge is 2.07. The van der Waals surface area contributed by atoms with Crippen LogP contribution in [0.2, 0.25) is 0 Å². The van der Waals surface area contributed by atoms with Gasteiger partial charge in [0.2, 0.25) is 0 Å². The number of nitrogen functional groups attached to an aromatic ring is 2. The van der Waals surface area contributed by atoms with Crippen LogP contribution in [0, 0.1) is 0 Å². The van der Waals surface area contributed by atoms with Crippen LogP contribution in [0.4, 0.5) is 11.4 Å². The first kappa shape index (κ1) is 16.4. The van der Waals surface area contributed by atoms with Crippen LogP contribution in [0.3, 0.4) is 0 Å². The van der Waals surface area contributed by atoms with E-state index in [-0.39, 0.29) is 17.0 Å². The predicted octanol–water partition coefficient (Wildman–Crippen LogP) is 4.35. The largest absolute Gasteiger partial charge is 0.457 e. The zero-order chi connectivity index (χ0) is 13.8. The van der Waals surface area contributed by atoms with Crippen LogP contribution in [0.5, 0.6) is 11.5 Å². The number of rotatable bonds is 4. The van der Waals surface area contributed by atoms with Crippen LogP contribution in [-0.4, -0.2) is 0 Å². The second-order valence-electron chi connectivity index (χ2n) is 4.54. The van der Waals surface area contributed by atoms with Crippen molar-refractivity contribution in [1.29, 1.82) is 0 Å². The molecular formula is C16H21BrN2O. The normalized spacial score (nSPS) is 9.90. The van der Waals surface area contributed by atoms with Gasteiger partial charge in [-0.15, -0.1) is 17.0 Å². The molecule has 0 fully saturated rings. The Morgan fingerprint density at radius 1 is 0.800 bits per heavy atom. The van der Waals surface area contributed by atoms with Crippen molar-refractivity contribution < 1.29 is 4.74 Å². The molecule has 2 aromatic rings. The lowest BCUT2D eigenvalue weighted by Crippen LogP contribution is -1.96. The Hall–Kier alpha value is -1.68. The van der Waals surface area contributed by atoms with Gasteiger partial charge in [-0.3, -0.25) is 0 Å². The maximum absolute atomic E-state index is 6.02. The third kappa shape index (κ3) is 3.67. The van der Waals surface area contributed by atoms with Crippen molar-refractivity contribution >= 4 is 28.4 Å². The van der Waals surface area contributed by atoms with E-state index < -0.39 is 0 Å². The molecule has 108 valence electrons. The highest BCUT2D eigenvalue weighted by Crippen LogP contribution is 2.31. The van der Waals surface area contributed by atoms with Crippen molar-refractivity contribution in [1.82, 2.24) is 0 Å². The zero-order valence-electron chi connectivity index (χ0n) is 11.8. The Morgan fingerprint density at radius 3 is 1.55 bits per heavy atom. The molecule has 0 unspecified atom stereocenters. The molecule has 0 atom stereocenters. The first-order valence-corrected chi connectivity index (χ1v) is 6.58. The van der Waals surface area contributed by atoms with E-state index in [1.165, 1.54) is 0 Å². The average Bonchev–Trinajstić information content (AvgIpc) is 2.42. The van der Waals surface area contributed by atoms with Crippen LogP contribution >= 0.6 is 17.0 Å². The van der Waals surface area contributed by atoms with Crippen molar-refractivity contribution in [2.24, 2.45) is 0 Å². The van der Waals surface area contributed by atoms with E-state index >= 15 is 0 Å². The van der Waals surface area contributed by atoms with E-state index in [9.17, 15) is 0 Å². The van der Waals surface area contributed by atoms with Gasteiger partial charge in [-0.25, -0.2) is 0 Å². The fourth-order valence-corrected chi connectivity index (χ4v) is 2.07. The number of anilines is 2. The van der Waals surface area contributed by atoms with Crippen LogP contribution in [0.15, 0.2) is 36.4 Å². The van der Waals surface area contributed by atoms with Crippen LogP contribution < -0.4 is 16.2 Å². The lowest BCUT2D eigenvalue weighted by atomic mass is 10.1. The van der Waals surface area contributed by atoms with Gasteiger partial charge in [0, 0.05) is 11.4 Å². The summed E-state index contributed by atoms with van der Waals surface area (Å²) in [5.41, 5.74) is 15.3. The lowest BCUT2D eigenvalue weighted by molar-refractivity contribution is 0.471. The van der Waals surface area contributed by atoms with E-state index in [0.29, 0.717) is 0 Å². The van der Waals surface area contributed by atoms with Crippen LogP contribution in [0.1, 0.15) is 25.0 Å². The van der Waals surface area contributed by atoms with Gasteiger partial charge >= 0.3 is 0 Å². The lowest BCUT2D eigenvalue weighted by Gasteiger charge is -2.14. The molecule has 0 spiro atoms. The molecule has 0 aliphatic heterocycles. The molecule has 0 radical (unpaired) electrons. The molecule has 0 heterocycles. The summed E-state index contributed by atoms with van der Waals surface area (Å²) >= 11 is 0. The molecule has 0 aliphatic carbocycles. The molecule has 0 bridgehead atoms. The van der Waals surface area contributed by atoms with Crippen molar-refractivity contribution in [2.75, 3.05) is 11.5 Å². The Bertz CT molecular complexity index is 533. The van der Waals surface area contributed by atoms with E-state index in [4.69, 9.17) is 16.2 Å². The Morgan fingerprint density at radius 2 is 1.20 bits per heavy atom. The minimum atomic E-state index is 0. The minimum Gasteiger partial charge on any atom is -0.457 e. The fraction of sp³-hybridized carbons (Fsp3) is 0.250. The SMILES string of the molecule is Br.CCc1cc(N)ccc1Oc1ccc(N)cc1CC. The number of ether oxygens (including phenoxy) is 1. The van der Waals surface area contributed by atoms with Gasteiger partial charge in [0.05, 0.1) is 0 Å². The molecule has 3 nitrogen and oxygen atoms in total. The summed E-state index contributed by atoms with van der Waals surface area (Å²) in [6.45, 7) is 4.18. The number of hydrogen-bond acceptors (Lipinski definition) is 3. The highest BCUT2D eigenvalue weighted by molar-refractivity contribution is 8.93. The second-order valence-corrected chi connectivity index (χ2v) is 4.54. The third-order valence-corrected chi connectivity index (χ3v) is 3.15. The average molecular weight is 337 g/mol. The van der Waals surface area contributed by atoms with Gasteiger partial charge in [-0.05, 0) is 60.4 Å². The summed E-state index contributed by atoms with van der Waals surface area (Å²) in [5.74, 6) is 1.72. The van der Waals surface area contributed by atoms with Crippen molar-refractivity contribution in [3.05, 3.63) is 47.5 Å². The van der Waals surface area contributed by atoms with Crippen molar-refractivity contribution in [3.8, 4) is 11.5 Å². The van der Waals surface area contributed by atoms with Gasteiger partial charge in [0.15, 0.2) is 0 Å². The van der Waals surface area contributed by atoms with Crippen LogP contribution in [-0.2, 0) is 12.8 Å². The van der Waals surface area contributed by atoms with E-state index in [0.717, 1.165) is 46.8 Å². The molecule has 4 heteroatoms. The van der Waals surface area contributed by atoms with Crippen molar-refractivity contribution in [3.63, 3.8) is 0 Å². The summed E-state index contributed by atoms with van der Waals surface area (Å²) in [6.07, 6.45) is 1.77. The van der Waals surface area contributed by atoms with Gasteiger partial charge < -0.3 is 16.2 Å². The van der Waals surface area contributed by atoms with Gasteiger partial charge in [0.1, 0.15) is 11.5 Å². The van der Waals surface area contributed by atoms with Gasteiger partial charge in [-0.1, -0.05) is 13.8 Å². The number of aryl methyl sites for hydroxylation is 2. The Balaban J connectivity index is 0.00000200. The maximum atomic E-state index is 6.02. The molecular weight excluding hydrogens is 316 g/mol. The molecule has 0 saturated heterocycles. The highest BCUT2D eigenvalue weighted by atomic mass is 79.9. The van der Waals surface area contributed by atoms with E-state index in [2.05, 4.69) is 13.8 Å². The zero-order valence-corrected chi connectivity index (χ0v) is 13.6. The smallest absolute Gasteiger partial charge is 0.130 e. The monoisotopic (exact) mass is 336 g/mol. The summed E-state index contributed by atoms with van der Waals surface area (Å²) < 4.78 is 6.02. The first-order valence-electron chi connectivity index (χ1n) is 6.58. The molecule has 0 aliphatic rings. The van der Waals surface area contributed by atoms with Gasteiger partial charge in [-0.2, -0.15) is 0 Å². The quantitative estimate of drug-likeness (QED) is 0.816. The summed E-state index contributed by atoms with van der Waals surface area (Å²) in [7, 11) is 0. The summed E-state index contributed by atoms with van der Waals surface area (Å²) in [4.78, 5) is 0. The molecule has 20 heavy (non-hydrogen) atoms. The molecule has 0 aromatic heterocycles. The van der Waals surface area contributed by atoms with Crippen molar-refractivity contribution in [2.45, 2.75) is 26.7 Å². The molecule has 2 aromatic carbocycles. The van der Waals surface area contributed by atoms with Crippen LogP contribution in [0.25, 0.3) is 0 Å². The Kier molecular flexibility index (Phi) is 5.89. The molecule has 0 amide bonds. The standard InChI is InChI=1S/C16H20N2O.BrH/c1-3-11-9-13(17)5-7-15(11)19-16-8-6-14(18)10-12(16)4-2;/h5-10H,3-4,17-18H2,1-2H3;1H. The summed E-state index contributed by atoms with van der Waals surface area (Å²) in [5, 5.41) is 0. The molecule has 0 saturated carbocycles. The predicted molar refractivity (Wildman–Crippen MR) is 90.9 cm³/mol. The number of nitrogens with two attached hydrogens (primary N) is 2. The third-order valence-electron chi connectivity index (χ3n) is 3.15.